The summed E-state index contributed by atoms with van der Waals surface area (Å²) in [6, 6.07) is 14.7. The van der Waals surface area contributed by atoms with Crippen molar-refractivity contribution in [1.82, 2.24) is 9.99 Å². The van der Waals surface area contributed by atoms with Crippen molar-refractivity contribution in [3.05, 3.63) is 69.8 Å². The van der Waals surface area contributed by atoms with Gasteiger partial charge in [0.2, 0.25) is 5.91 Å². The van der Waals surface area contributed by atoms with Crippen LogP contribution >= 0.6 is 23.2 Å². The number of hydrazone groups is 1. The first-order chi connectivity index (χ1) is 13.5. The lowest BCUT2D eigenvalue weighted by Crippen LogP contribution is -2.24. The third-order valence-corrected chi connectivity index (χ3v) is 5.41. The number of ether oxygens (including phenoxy) is 1. The average molecular weight is 414 g/mol. The summed E-state index contributed by atoms with van der Waals surface area (Å²) >= 11 is 12.8. The van der Waals surface area contributed by atoms with Crippen molar-refractivity contribution in [3.8, 4) is 5.75 Å². The number of amides is 1. The molecule has 3 aromatic rings. The number of carbonyl (C=O) groups excluding carboxylic acids is 1. The van der Waals surface area contributed by atoms with Crippen LogP contribution in [-0.4, -0.2) is 28.7 Å². The summed E-state index contributed by atoms with van der Waals surface area (Å²) in [5, 5.41) is 7.84. The maximum Gasteiger partial charge on any atom is 0.240 e. The molecule has 0 radical (unpaired) electrons. The van der Waals surface area contributed by atoms with E-state index in [9.17, 15) is 4.79 Å². The molecule has 0 saturated heterocycles. The van der Waals surface area contributed by atoms with Crippen LogP contribution in [0.25, 0.3) is 10.9 Å². The van der Waals surface area contributed by atoms with E-state index in [-0.39, 0.29) is 11.9 Å². The van der Waals surface area contributed by atoms with Crippen molar-refractivity contribution in [2.45, 2.75) is 19.4 Å². The number of aromatic nitrogens is 1. The Morgan fingerprint density at radius 1 is 1.18 bits per heavy atom. The number of rotatable bonds is 3. The van der Waals surface area contributed by atoms with Crippen LogP contribution in [-0.2, 0) is 4.79 Å². The van der Waals surface area contributed by atoms with E-state index in [4.69, 9.17) is 27.9 Å². The van der Waals surface area contributed by atoms with Crippen LogP contribution in [0.15, 0.2) is 53.6 Å². The predicted molar refractivity (Wildman–Crippen MR) is 111 cm³/mol. The molecule has 0 fully saturated rings. The summed E-state index contributed by atoms with van der Waals surface area (Å²) in [6.07, 6.45) is 0.506. The van der Waals surface area contributed by atoms with Gasteiger partial charge in [-0.25, -0.2) is 9.99 Å². The molecule has 0 bridgehead atoms. The SMILES string of the molecule is COc1ccc2cc([C@@H]3CC(c4ccccc4Cl)=NN3C(C)=O)c(Cl)nc2c1. The van der Waals surface area contributed by atoms with Gasteiger partial charge in [-0.15, -0.1) is 0 Å². The Morgan fingerprint density at radius 2 is 1.96 bits per heavy atom. The number of carbonyl (C=O) groups is 1. The maximum atomic E-state index is 12.3. The zero-order valence-corrected chi connectivity index (χ0v) is 16.8. The zero-order valence-electron chi connectivity index (χ0n) is 15.3. The summed E-state index contributed by atoms with van der Waals surface area (Å²) in [5.74, 6) is 0.539. The lowest BCUT2D eigenvalue weighted by atomic mass is 9.98. The Bertz CT molecular complexity index is 1110. The number of halogens is 2. The molecule has 4 rings (SSSR count). The third kappa shape index (κ3) is 3.32. The van der Waals surface area contributed by atoms with E-state index < -0.39 is 0 Å². The molecule has 2 aromatic carbocycles. The van der Waals surface area contributed by atoms with Crippen LogP contribution in [0.1, 0.15) is 30.5 Å². The van der Waals surface area contributed by atoms with E-state index in [1.54, 1.807) is 7.11 Å². The molecule has 1 amide bonds. The molecule has 1 atom stereocenters. The molecule has 28 heavy (non-hydrogen) atoms. The minimum absolute atomic E-state index is 0.169. The van der Waals surface area contributed by atoms with Crippen molar-refractivity contribution in [2.24, 2.45) is 5.10 Å². The second-order valence-corrected chi connectivity index (χ2v) is 7.30. The van der Waals surface area contributed by atoms with Crippen LogP contribution in [0.3, 0.4) is 0 Å². The van der Waals surface area contributed by atoms with Crippen LogP contribution in [0.2, 0.25) is 10.2 Å². The molecule has 5 nitrogen and oxygen atoms in total. The molecule has 0 aliphatic carbocycles. The molecule has 0 spiro atoms. The standard InChI is InChI=1S/C21H17Cl2N3O2/c1-12(27)26-20(11-19(25-26)15-5-3-4-6-17(15)22)16-9-13-7-8-14(28-2)10-18(13)24-21(16)23/h3-10,20H,11H2,1-2H3/t20-/m0/s1. The highest BCUT2D eigenvalue weighted by atomic mass is 35.5. The average Bonchev–Trinajstić information content (AvgIpc) is 3.12. The number of nitrogens with zero attached hydrogens (tertiary/aromatic N) is 3. The fraction of sp³-hybridized carbons (Fsp3) is 0.190. The Hall–Kier alpha value is -2.63. The quantitative estimate of drug-likeness (QED) is 0.551. The number of fused-ring (bicyclic) bond motifs is 1. The fourth-order valence-electron chi connectivity index (χ4n) is 3.40. The number of hydrogen-bond donors (Lipinski definition) is 0. The zero-order chi connectivity index (χ0) is 19.8. The summed E-state index contributed by atoms with van der Waals surface area (Å²) < 4.78 is 5.25. The van der Waals surface area contributed by atoms with Gasteiger partial charge >= 0.3 is 0 Å². The van der Waals surface area contributed by atoms with E-state index in [0.29, 0.717) is 22.3 Å². The smallest absolute Gasteiger partial charge is 0.240 e. The molecule has 142 valence electrons. The third-order valence-electron chi connectivity index (χ3n) is 4.78. The van der Waals surface area contributed by atoms with Gasteiger partial charge in [0.25, 0.3) is 0 Å². The Balaban J connectivity index is 1.77. The van der Waals surface area contributed by atoms with Gasteiger partial charge in [0.1, 0.15) is 10.9 Å². The normalized spacial score (nSPS) is 16.4. The molecule has 0 saturated carbocycles. The molecular weight excluding hydrogens is 397 g/mol. The summed E-state index contributed by atoms with van der Waals surface area (Å²) in [6.45, 7) is 1.49. The molecule has 1 aromatic heterocycles. The second-order valence-electron chi connectivity index (χ2n) is 6.54. The predicted octanol–water partition coefficient (Wildman–Crippen LogP) is 5.25. The minimum Gasteiger partial charge on any atom is -0.497 e. The highest BCUT2D eigenvalue weighted by Gasteiger charge is 2.33. The molecular formula is C21H17Cl2N3O2. The van der Waals surface area contributed by atoms with Crippen molar-refractivity contribution in [2.75, 3.05) is 7.11 Å². The van der Waals surface area contributed by atoms with Crippen molar-refractivity contribution in [1.29, 1.82) is 0 Å². The van der Waals surface area contributed by atoms with E-state index in [1.807, 2.05) is 48.5 Å². The molecule has 1 aliphatic rings. The number of benzene rings is 2. The number of pyridine rings is 1. The number of hydrogen-bond acceptors (Lipinski definition) is 4. The van der Waals surface area contributed by atoms with Gasteiger partial charge < -0.3 is 4.74 Å². The van der Waals surface area contributed by atoms with Gasteiger partial charge in [-0.2, -0.15) is 5.10 Å². The Morgan fingerprint density at radius 3 is 2.68 bits per heavy atom. The molecule has 1 aliphatic heterocycles. The first-order valence-corrected chi connectivity index (χ1v) is 9.50. The highest BCUT2D eigenvalue weighted by Crippen LogP contribution is 2.38. The monoisotopic (exact) mass is 413 g/mol. The van der Waals surface area contributed by atoms with Crippen molar-refractivity contribution < 1.29 is 9.53 Å². The Labute approximate surface area is 172 Å². The lowest BCUT2D eigenvalue weighted by Gasteiger charge is -2.21. The van der Waals surface area contributed by atoms with E-state index in [0.717, 1.165) is 27.7 Å². The Kier molecular flexibility index (Phi) is 4.96. The molecule has 0 unspecified atom stereocenters. The first-order valence-electron chi connectivity index (χ1n) is 8.74. The van der Waals surface area contributed by atoms with Crippen molar-refractivity contribution >= 4 is 45.7 Å². The van der Waals surface area contributed by atoms with Crippen LogP contribution in [0.5, 0.6) is 5.75 Å². The number of methoxy groups -OCH3 is 1. The first kappa shape index (κ1) is 18.7. The topological polar surface area (TPSA) is 54.8 Å². The maximum absolute atomic E-state index is 12.3. The van der Waals surface area contributed by atoms with Crippen LogP contribution in [0.4, 0.5) is 0 Å². The van der Waals surface area contributed by atoms with Gasteiger partial charge in [-0.1, -0.05) is 41.4 Å². The molecule has 2 heterocycles. The summed E-state index contributed by atoms with van der Waals surface area (Å²) in [7, 11) is 1.61. The van der Waals surface area contributed by atoms with Gasteiger partial charge in [-0.05, 0) is 24.3 Å². The van der Waals surface area contributed by atoms with E-state index >= 15 is 0 Å². The lowest BCUT2D eigenvalue weighted by molar-refractivity contribution is -0.130. The van der Waals surface area contributed by atoms with Gasteiger partial charge in [0.05, 0.1) is 24.4 Å². The van der Waals surface area contributed by atoms with E-state index in [1.165, 1.54) is 11.9 Å². The van der Waals surface area contributed by atoms with Gasteiger partial charge in [0.15, 0.2) is 0 Å². The van der Waals surface area contributed by atoms with Crippen LogP contribution < -0.4 is 4.74 Å². The molecule has 0 N–H and O–H groups in total. The van der Waals surface area contributed by atoms with Gasteiger partial charge in [0, 0.05) is 40.9 Å². The highest BCUT2D eigenvalue weighted by molar-refractivity contribution is 6.34. The minimum atomic E-state index is -0.338. The van der Waals surface area contributed by atoms with Gasteiger partial charge in [-0.3, -0.25) is 4.79 Å². The second kappa shape index (κ2) is 7.41. The van der Waals surface area contributed by atoms with Crippen LogP contribution in [0, 0.1) is 0 Å². The van der Waals surface area contributed by atoms with E-state index in [2.05, 4.69) is 10.1 Å². The summed E-state index contributed by atoms with van der Waals surface area (Å²) in [4.78, 5) is 16.8. The van der Waals surface area contributed by atoms with Crippen molar-refractivity contribution in [3.63, 3.8) is 0 Å². The largest absolute Gasteiger partial charge is 0.497 e. The summed E-state index contributed by atoms with van der Waals surface area (Å²) in [5.41, 5.74) is 3.04. The fourth-order valence-corrected chi connectivity index (χ4v) is 3.92. The molecule has 7 heteroatoms.